The van der Waals surface area contributed by atoms with E-state index in [9.17, 15) is 13.2 Å². The highest BCUT2D eigenvalue weighted by molar-refractivity contribution is 14.1. The zero-order valence-electron chi connectivity index (χ0n) is 16.6. The maximum atomic E-state index is 13.0. The molecule has 4 rings (SSSR count). The molecule has 0 aliphatic carbocycles. The van der Waals surface area contributed by atoms with Crippen molar-refractivity contribution < 1.29 is 13.2 Å². The van der Waals surface area contributed by atoms with Crippen LogP contribution in [0, 0.1) is 3.57 Å². The number of nitrogens with one attached hydrogen (secondary N) is 2. The van der Waals surface area contributed by atoms with Crippen LogP contribution in [0.15, 0.2) is 79.5 Å². The van der Waals surface area contributed by atoms with Crippen molar-refractivity contribution in [3.05, 3.63) is 99.8 Å². The molecule has 0 radical (unpaired) electrons. The molecule has 0 bridgehead atoms. The first-order valence-corrected chi connectivity index (χ1v) is 10.9. The maximum Gasteiger partial charge on any atom is 0.416 e. The molecule has 1 heterocycles. The fourth-order valence-corrected chi connectivity index (χ4v) is 4.04. The van der Waals surface area contributed by atoms with Crippen LogP contribution in [0.1, 0.15) is 16.7 Å². The summed E-state index contributed by atoms with van der Waals surface area (Å²) in [7, 11) is 0. The van der Waals surface area contributed by atoms with E-state index < -0.39 is 11.7 Å². The molecule has 0 aliphatic rings. The fourth-order valence-electron chi connectivity index (χ4n) is 3.55. The quantitative estimate of drug-likeness (QED) is 0.252. The van der Waals surface area contributed by atoms with Crippen LogP contribution in [0.4, 0.5) is 13.2 Å². The van der Waals surface area contributed by atoms with Crippen molar-refractivity contribution in [1.29, 1.82) is 0 Å². The number of alkyl halides is 3. The molecular formula is C25H20F3IN2. The highest BCUT2D eigenvalue weighted by Gasteiger charge is 2.30. The molecule has 3 aromatic carbocycles. The van der Waals surface area contributed by atoms with Gasteiger partial charge in [-0.2, -0.15) is 13.2 Å². The number of rotatable bonds is 6. The van der Waals surface area contributed by atoms with Gasteiger partial charge in [0.15, 0.2) is 0 Å². The Labute approximate surface area is 192 Å². The number of hydrogen-bond donors (Lipinski definition) is 2. The number of H-pyrrole nitrogens is 1. The zero-order valence-corrected chi connectivity index (χ0v) is 18.7. The van der Waals surface area contributed by atoms with Gasteiger partial charge in [0.1, 0.15) is 0 Å². The Hall–Kier alpha value is -2.74. The average Bonchev–Trinajstić information content (AvgIpc) is 3.15. The second-order valence-electron chi connectivity index (χ2n) is 7.32. The molecule has 0 aliphatic heterocycles. The Bertz CT molecular complexity index is 1220. The number of benzene rings is 3. The summed E-state index contributed by atoms with van der Waals surface area (Å²) in [5.74, 6) is 0. The van der Waals surface area contributed by atoms with Crippen LogP contribution in [0.5, 0.6) is 0 Å². The Morgan fingerprint density at radius 3 is 2.48 bits per heavy atom. The molecule has 31 heavy (non-hydrogen) atoms. The van der Waals surface area contributed by atoms with Gasteiger partial charge in [0.25, 0.3) is 0 Å². The van der Waals surface area contributed by atoms with E-state index in [1.807, 2.05) is 30.5 Å². The van der Waals surface area contributed by atoms with Crippen molar-refractivity contribution in [2.45, 2.75) is 12.6 Å². The van der Waals surface area contributed by atoms with Gasteiger partial charge >= 0.3 is 6.18 Å². The van der Waals surface area contributed by atoms with Crippen LogP contribution >= 0.6 is 22.6 Å². The summed E-state index contributed by atoms with van der Waals surface area (Å²) >= 11 is 2.31. The minimum Gasteiger partial charge on any atom is -0.385 e. The molecule has 0 fully saturated rings. The van der Waals surface area contributed by atoms with Crippen LogP contribution in [-0.4, -0.2) is 11.5 Å². The molecule has 1 aromatic heterocycles. The summed E-state index contributed by atoms with van der Waals surface area (Å²) in [6.45, 7) is 4.83. The van der Waals surface area contributed by atoms with E-state index >= 15 is 0 Å². The number of halogens is 4. The van der Waals surface area contributed by atoms with E-state index in [1.54, 1.807) is 6.07 Å². The normalized spacial score (nSPS) is 11.6. The molecule has 0 amide bonds. The molecule has 158 valence electrons. The average molecular weight is 532 g/mol. The summed E-state index contributed by atoms with van der Waals surface area (Å²) < 4.78 is 40.1. The van der Waals surface area contributed by atoms with Crippen LogP contribution in [0.25, 0.3) is 27.7 Å². The van der Waals surface area contributed by atoms with Crippen LogP contribution in [0.2, 0.25) is 0 Å². The van der Waals surface area contributed by atoms with Gasteiger partial charge in [-0.05, 0) is 81.6 Å². The molecule has 0 saturated carbocycles. The van der Waals surface area contributed by atoms with Crippen molar-refractivity contribution in [1.82, 2.24) is 10.3 Å². The van der Waals surface area contributed by atoms with Crippen LogP contribution in [-0.2, 0) is 12.6 Å². The van der Waals surface area contributed by atoms with Gasteiger partial charge in [-0.15, -0.1) is 0 Å². The standard InChI is InChI=1S/C25H20F3IN2/c1-16(30-12-11-20-15-31-24-10-9-22(29)14-23(20)24)17-5-7-18(8-6-17)19-3-2-4-21(13-19)25(26,27)28/h2-10,13-15,30-31H,1,11-12H2. The first kappa shape index (κ1) is 21.5. The van der Waals surface area contributed by atoms with Crippen LogP contribution in [0.3, 0.4) is 0 Å². The summed E-state index contributed by atoms with van der Waals surface area (Å²) in [4.78, 5) is 3.30. The summed E-state index contributed by atoms with van der Waals surface area (Å²) in [6.07, 6.45) is -1.46. The van der Waals surface area contributed by atoms with E-state index in [0.717, 1.165) is 41.4 Å². The highest BCUT2D eigenvalue weighted by atomic mass is 127. The fraction of sp³-hybridized carbons (Fsp3) is 0.120. The minimum absolute atomic E-state index is 0.536. The van der Waals surface area contributed by atoms with E-state index in [1.165, 1.54) is 26.7 Å². The zero-order chi connectivity index (χ0) is 22.0. The number of aromatic amines is 1. The first-order chi connectivity index (χ1) is 14.8. The molecule has 0 unspecified atom stereocenters. The van der Waals surface area contributed by atoms with Gasteiger partial charge in [-0.3, -0.25) is 0 Å². The van der Waals surface area contributed by atoms with E-state index in [4.69, 9.17) is 0 Å². The molecule has 0 spiro atoms. The number of fused-ring (bicyclic) bond motifs is 1. The van der Waals surface area contributed by atoms with Gasteiger partial charge in [0.05, 0.1) is 5.56 Å². The van der Waals surface area contributed by atoms with E-state index in [-0.39, 0.29) is 0 Å². The second-order valence-corrected chi connectivity index (χ2v) is 8.56. The van der Waals surface area contributed by atoms with Gasteiger partial charge in [-0.1, -0.05) is 43.0 Å². The monoisotopic (exact) mass is 532 g/mol. The molecule has 0 saturated heterocycles. The SMILES string of the molecule is C=C(NCCc1c[nH]c2ccc(I)cc12)c1ccc(-c2cccc(C(F)(F)F)c2)cc1. The number of aromatic nitrogens is 1. The minimum atomic E-state index is -4.35. The predicted molar refractivity (Wildman–Crippen MR) is 129 cm³/mol. The van der Waals surface area contributed by atoms with Crippen molar-refractivity contribution in [3.63, 3.8) is 0 Å². The van der Waals surface area contributed by atoms with E-state index in [0.29, 0.717) is 5.56 Å². The molecular weight excluding hydrogens is 512 g/mol. The van der Waals surface area contributed by atoms with Gasteiger partial charge < -0.3 is 10.3 Å². The first-order valence-electron chi connectivity index (χ1n) is 9.77. The van der Waals surface area contributed by atoms with Gasteiger partial charge in [-0.25, -0.2) is 0 Å². The van der Waals surface area contributed by atoms with E-state index in [2.05, 4.69) is 57.7 Å². The molecule has 2 N–H and O–H groups in total. The lowest BCUT2D eigenvalue weighted by Crippen LogP contribution is -2.14. The summed E-state index contributed by atoms with van der Waals surface area (Å²) in [5.41, 5.74) is 4.68. The van der Waals surface area contributed by atoms with Gasteiger partial charge in [0.2, 0.25) is 0 Å². The molecule has 6 heteroatoms. The lowest BCUT2D eigenvalue weighted by Gasteiger charge is -2.12. The van der Waals surface area contributed by atoms with Crippen molar-refractivity contribution in [3.8, 4) is 11.1 Å². The van der Waals surface area contributed by atoms with Crippen molar-refractivity contribution in [2.24, 2.45) is 0 Å². The lowest BCUT2D eigenvalue weighted by molar-refractivity contribution is -0.137. The maximum absolute atomic E-state index is 13.0. The Morgan fingerprint density at radius 1 is 0.968 bits per heavy atom. The third kappa shape index (κ3) is 4.95. The highest BCUT2D eigenvalue weighted by Crippen LogP contribution is 2.32. The summed E-state index contributed by atoms with van der Waals surface area (Å²) in [6, 6.07) is 19.1. The van der Waals surface area contributed by atoms with Crippen molar-refractivity contribution >= 4 is 39.2 Å². The smallest absolute Gasteiger partial charge is 0.385 e. The van der Waals surface area contributed by atoms with Crippen molar-refractivity contribution in [2.75, 3.05) is 6.54 Å². The third-order valence-corrected chi connectivity index (χ3v) is 5.89. The Kier molecular flexibility index (Phi) is 6.09. The third-order valence-electron chi connectivity index (χ3n) is 5.22. The number of hydrogen-bond acceptors (Lipinski definition) is 1. The topological polar surface area (TPSA) is 27.8 Å². The van der Waals surface area contributed by atoms with Gasteiger partial charge in [0, 0.05) is 32.9 Å². The molecule has 4 aromatic rings. The second kappa shape index (κ2) is 8.78. The Morgan fingerprint density at radius 2 is 1.74 bits per heavy atom. The molecule has 2 nitrogen and oxygen atoms in total. The molecule has 0 atom stereocenters. The largest absolute Gasteiger partial charge is 0.416 e. The summed E-state index contributed by atoms with van der Waals surface area (Å²) in [5, 5.41) is 4.57. The lowest BCUT2D eigenvalue weighted by atomic mass is 10.0. The Balaban J connectivity index is 1.40. The van der Waals surface area contributed by atoms with Crippen LogP contribution < -0.4 is 5.32 Å². The predicted octanol–water partition coefficient (Wildman–Crippen LogP) is 7.26.